The monoisotopic (exact) mass is 281 g/mol. The number of nitrogens with one attached hydrogen (secondary N) is 2. The zero-order valence-electron chi connectivity index (χ0n) is 12.1. The zero-order chi connectivity index (χ0) is 14.7. The molecule has 0 saturated carbocycles. The Kier molecular flexibility index (Phi) is 4.49. The summed E-state index contributed by atoms with van der Waals surface area (Å²) in [4.78, 5) is 28.0. The molecule has 1 aliphatic rings. The summed E-state index contributed by atoms with van der Waals surface area (Å²) in [6.45, 7) is 5.11. The highest BCUT2D eigenvalue weighted by Gasteiger charge is 2.18. The molecule has 2 heterocycles. The van der Waals surface area contributed by atoms with Crippen molar-refractivity contribution in [3.8, 4) is 0 Å². The molecule has 20 heavy (non-hydrogen) atoms. The first kappa shape index (κ1) is 14.6. The van der Waals surface area contributed by atoms with Gasteiger partial charge in [-0.25, -0.2) is 4.79 Å². The van der Waals surface area contributed by atoms with E-state index in [4.69, 9.17) is 5.73 Å². The van der Waals surface area contributed by atoms with Gasteiger partial charge in [-0.05, 0) is 45.8 Å². The molecule has 0 radical (unpaired) electrons. The molecule has 2 rings (SSSR count). The van der Waals surface area contributed by atoms with Crippen molar-refractivity contribution < 1.29 is 0 Å². The second-order valence-corrected chi connectivity index (χ2v) is 5.39. The molecule has 0 unspecified atom stereocenters. The van der Waals surface area contributed by atoms with Crippen molar-refractivity contribution in [1.82, 2.24) is 14.5 Å². The fourth-order valence-corrected chi connectivity index (χ4v) is 2.59. The second-order valence-electron chi connectivity index (χ2n) is 5.39. The van der Waals surface area contributed by atoms with Crippen molar-refractivity contribution >= 4 is 11.5 Å². The van der Waals surface area contributed by atoms with Crippen LogP contribution in [0.4, 0.5) is 11.5 Å². The van der Waals surface area contributed by atoms with E-state index in [9.17, 15) is 9.59 Å². The SMILES string of the molecule is CCn1c(N)c(NCC2CCN(C)CC2)c(=O)[nH]c1=O. The van der Waals surface area contributed by atoms with E-state index in [1.165, 1.54) is 4.57 Å². The van der Waals surface area contributed by atoms with E-state index < -0.39 is 11.2 Å². The maximum Gasteiger partial charge on any atom is 0.330 e. The number of nitrogens with zero attached hydrogens (tertiary/aromatic N) is 2. The fraction of sp³-hybridized carbons (Fsp3) is 0.692. The third-order valence-corrected chi connectivity index (χ3v) is 3.96. The van der Waals surface area contributed by atoms with Crippen LogP contribution in [0.25, 0.3) is 0 Å². The molecule has 7 nitrogen and oxygen atoms in total. The number of hydrogen-bond acceptors (Lipinski definition) is 5. The highest BCUT2D eigenvalue weighted by atomic mass is 16.2. The Balaban J connectivity index is 2.10. The Morgan fingerprint density at radius 1 is 1.35 bits per heavy atom. The molecule has 1 saturated heterocycles. The van der Waals surface area contributed by atoms with Gasteiger partial charge in [0, 0.05) is 13.1 Å². The normalized spacial score (nSPS) is 17.3. The molecule has 112 valence electrons. The number of piperidine rings is 1. The largest absolute Gasteiger partial charge is 0.383 e. The minimum atomic E-state index is -0.458. The van der Waals surface area contributed by atoms with Gasteiger partial charge >= 0.3 is 5.69 Å². The number of aromatic nitrogens is 2. The Bertz CT molecular complexity index is 569. The van der Waals surface area contributed by atoms with E-state index in [0.29, 0.717) is 24.7 Å². The van der Waals surface area contributed by atoms with E-state index in [2.05, 4.69) is 22.2 Å². The number of likely N-dealkylation sites (tertiary alicyclic amines) is 1. The van der Waals surface area contributed by atoms with Crippen molar-refractivity contribution in [3.05, 3.63) is 20.8 Å². The molecule has 0 atom stereocenters. The van der Waals surface area contributed by atoms with E-state index in [-0.39, 0.29) is 5.82 Å². The first-order valence-corrected chi connectivity index (χ1v) is 7.08. The summed E-state index contributed by atoms with van der Waals surface area (Å²) >= 11 is 0. The van der Waals surface area contributed by atoms with Crippen molar-refractivity contribution in [2.45, 2.75) is 26.3 Å². The topological polar surface area (TPSA) is 96.2 Å². The summed E-state index contributed by atoms with van der Waals surface area (Å²) in [6, 6.07) is 0. The average molecular weight is 281 g/mol. The number of H-pyrrole nitrogens is 1. The third-order valence-electron chi connectivity index (χ3n) is 3.96. The number of aromatic amines is 1. The Labute approximate surface area is 117 Å². The molecule has 0 bridgehead atoms. The molecule has 7 heteroatoms. The lowest BCUT2D eigenvalue weighted by Gasteiger charge is -2.29. The first-order chi connectivity index (χ1) is 9.52. The van der Waals surface area contributed by atoms with Crippen LogP contribution in [0.1, 0.15) is 19.8 Å². The molecule has 1 aliphatic heterocycles. The minimum Gasteiger partial charge on any atom is -0.383 e. The molecule has 0 amide bonds. The van der Waals surface area contributed by atoms with Crippen LogP contribution in [0.3, 0.4) is 0 Å². The van der Waals surface area contributed by atoms with Gasteiger partial charge in [0.1, 0.15) is 11.5 Å². The average Bonchev–Trinajstić information content (AvgIpc) is 2.40. The summed E-state index contributed by atoms with van der Waals surface area (Å²) in [5, 5.41) is 3.12. The summed E-state index contributed by atoms with van der Waals surface area (Å²) in [5.41, 5.74) is 5.32. The molecule has 0 spiro atoms. The summed E-state index contributed by atoms with van der Waals surface area (Å²) in [5.74, 6) is 0.751. The molecule has 4 N–H and O–H groups in total. The third kappa shape index (κ3) is 3.04. The Morgan fingerprint density at radius 3 is 2.60 bits per heavy atom. The lowest BCUT2D eigenvalue weighted by molar-refractivity contribution is 0.226. The van der Waals surface area contributed by atoms with Gasteiger partial charge in [-0.3, -0.25) is 14.3 Å². The first-order valence-electron chi connectivity index (χ1n) is 7.08. The number of anilines is 2. The van der Waals surface area contributed by atoms with Crippen molar-refractivity contribution in [2.75, 3.05) is 37.7 Å². The van der Waals surface area contributed by atoms with Gasteiger partial charge in [-0.15, -0.1) is 0 Å². The van der Waals surface area contributed by atoms with Crippen LogP contribution >= 0.6 is 0 Å². The summed E-state index contributed by atoms with van der Waals surface area (Å²) in [6.07, 6.45) is 2.21. The molecule has 0 aromatic carbocycles. The molecule has 1 aromatic rings. The van der Waals surface area contributed by atoms with E-state index in [1.54, 1.807) is 0 Å². The second kappa shape index (κ2) is 6.13. The Morgan fingerprint density at radius 2 is 2.00 bits per heavy atom. The summed E-state index contributed by atoms with van der Waals surface area (Å²) in [7, 11) is 2.11. The predicted molar refractivity (Wildman–Crippen MR) is 80.1 cm³/mol. The predicted octanol–water partition coefficient (Wildman–Crippen LogP) is -0.108. The summed E-state index contributed by atoms with van der Waals surface area (Å²) < 4.78 is 1.36. The molecule has 1 aromatic heterocycles. The van der Waals surface area contributed by atoms with Crippen LogP contribution < -0.4 is 22.3 Å². The number of nitrogen functional groups attached to an aromatic ring is 1. The molecule has 0 aliphatic carbocycles. The van der Waals surface area contributed by atoms with Crippen LogP contribution in [0, 0.1) is 5.92 Å². The van der Waals surface area contributed by atoms with Gasteiger partial charge in [0.2, 0.25) is 0 Å². The van der Waals surface area contributed by atoms with Gasteiger partial charge in [-0.1, -0.05) is 0 Å². The van der Waals surface area contributed by atoms with Crippen molar-refractivity contribution in [1.29, 1.82) is 0 Å². The quantitative estimate of drug-likeness (QED) is 0.716. The maximum absolute atomic E-state index is 11.8. The van der Waals surface area contributed by atoms with Crippen LogP contribution in [0.2, 0.25) is 0 Å². The van der Waals surface area contributed by atoms with E-state index in [0.717, 1.165) is 25.9 Å². The molecular weight excluding hydrogens is 258 g/mol. The van der Waals surface area contributed by atoms with E-state index >= 15 is 0 Å². The lowest BCUT2D eigenvalue weighted by Crippen LogP contribution is -2.36. The van der Waals surface area contributed by atoms with E-state index in [1.807, 2.05) is 6.92 Å². The van der Waals surface area contributed by atoms with Gasteiger partial charge in [0.05, 0.1) is 0 Å². The smallest absolute Gasteiger partial charge is 0.330 e. The standard InChI is InChI=1S/C13H23N5O2/c1-3-18-11(14)10(12(19)16-13(18)20)15-8-9-4-6-17(2)7-5-9/h9,15H,3-8,14H2,1-2H3,(H,16,19,20). The number of nitrogens with two attached hydrogens (primary N) is 1. The van der Waals surface area contributed by atoms with Gasteiger partial charge in [0.25, 0.3) is 5.56 Å². The van der Waals surface area contributed by atoms with Gasteiger partial charge < -0.3 is 16.0 Å². The maximum atomic E-state index is 11.8. The van der Waals surface area contributed by atoms with Crippen molar-refractivity contribution in [2.24, 2.45) is 5.92 Å². The van der Waals surface area contributed by atoms with Crippen LogP contribution in [0.5, 0.6) is 0 Å². The minimum absolute atomic E-state index is 0.217. The van der Waals surface area contributed by atoms with Crippen molar-refractivity contribution in [3.63, 3.8) is 0 Å². The highest BCUT2D eigenvalue weighted by molar-refractivity contribution is 5.60. The van der Waals surface area contributed by atoms with Crippen LogP contribution in [-0.4, -0.2) is 41.1 Å². The molecule has 1 fully saturated rings. The fourth-order valence-electron chi connectivity index (χ4n) is 2.59. The number of rotatable bonds is 4. The zero-order valence-corrected chi connectivity index (χ0v) is 12.1. The van der Waals surface area contributed by atoms with Gasteiger partial charge in [-0.2, -0.15) is 0 Å². The lowest BCUT2D eigenvalue weighted by atomic mass is 9.97. The van der Waals surface area contributed by atoms with Gasteiger partial charge in [0.15, 0.2) is 0 Å². The van der Waals surface area contributed by atoms with Crippen LogP contribution in [0.15, 0.2) is 9.59 Å². The highest BCUT2D eigenvalue weighted by Crippen LogP contribution is 2.17. The Hall–Kier alpha value is -1.76. The molecular formula is C13H23N5O2. The number of hydrogen-bond donors (Lipinski definition) is 3. The van der Waals surface area contributed by atoms with Crippen LogP contribution in [-0.2, 0) is 6.54 Å².